The first kappa shape index (κ1) is 5.92. The summed E-state index contributed by atoms with van der Waals surface area (Å²) in [6, 6.07) is 0. The fourth-order valence-electron chi connectivity index (χ4n) is 0.264. The SMILES string of the molecule is CC[N]C(C)O. The van der Waals surface area contributed by atoms with Crippen molar-refractivity contribution in [2.45, 2.75) is 20.1 Å². The maximum absolute atomic E-state index is 8.39. The minimum atomic E-state index is -0.477. The number of aliphatic hydroxyl groups is 1. The summed E-state index contributed by atoms with van der Waals surface area (Å²) >= 11 is 0. The van der Waals surface area contributed by atoms with E-state index in [4.69, 9.17) is 5.11 Å². The molecule has 0 amide bonds. The molecule has 0 saturated heterocycles. The zero-order chi connectivity index (χ0) is 4.99. The Balaban J connectivity index is 2.63. The van der Waals surface area contributed by atoms with Crippen molar-refractivity contribution in [3.63, 3.8) is 0 Å². The molecule has 0 heterocycles. The predicted molar refractivity (Wildman–Crippen MR) is 24.4 cm³/mol. The molecule has 0 aromatic heterocycles. The molecule has 0 fully saturated rings. The van der Waals surface area contributed by atoms with Crippen LogP contribution in [-0.2, 0) is 0 Å². The fourth-order valence-corrected chi connectivity index (χ4v) is 0.264. The standard InChI is InChI=1S/C4H10NO/c1-3-5-4(2)6/h4,6H,3H2,1-2H3. The fraction of sp³-hybridized carbons (Fsp3) is 1.00. The summed E-state index contributed by atoms with van der Waals surface area (Å²) in [5, 5.41) is 12.1. The molecule has 1 unspecified atom stereocenters. The normalized spacial score (nSPS) is 14.5. The van der Waals surface area contributed by atoms with Crippen molar-refractivity contribution < 1.29 is 5.11 Å². The number of aliphatic hydroxyl groups excluding tert-OH is 1. The Kier molecular flexibility index (Phi) is 3.08. The van der Waals surface area contributed by atoms with Gasteiger partial charge in [-0.15, -0.1) is 0 Å². The van der Waals surface area contributed by atoms with Crippen molar-refractivity contribution in [3.05, 3.63) is 0 Å². The van der Waals surface area contributed by atoms with Crippen molar-refractivity contribution in [1.82, 2.24) is 5.32 Å². The van der Waals surface area contributed by atoms with E-state index >= 15 is 0 Å². The van der Waals surface area contributed by atoms with E-state index in [1.807, 2.05) is 6.92 Å². The minimum Gasteiger partial charge on any atom is -0.377 e. The summed E-state index contributed by atoms with van der Waals surface area (Å²) in [7, 11) is 0. The van der Waals surface area contributed by atoms with Crippen LogP contribution in [0, 0.1) is 0 Å². The van der Waals surface area contributed by atoms with Crippen LogP contribution in [0.2, 0.25) is 0 Å². The molecule has 1 radical (unpaired) electrons. The molecule has 1 N–H and O–H groups in total. The molecular weight excluding hydrogens is 78.0 g/mol. The molecule has 0 aromatic carbocycles. The Labute approximate surface area is 38.2 Å². The third-order valence-electron chi connectivity index (χ3n) is 0.447. The van der Waals surface area contributed by atoms with Gasteiger partial charge in [0.15, 0.2) is 0 Å². The van der Waals surface area contributed by atoms with E-state index in [0.717, 1.165) is 0 Å². The molecule has 37 valence electrons. The molecule has 0 spiro atoms. The molecular formula is C4H10NO. The second kappa shape index (κ2) is 3.12. The largest absolute Gasteiger partial charge is 0.377 e. The van der Waals surface area contributed by atoms with Crippen molar-refractivity contribution >= 4 is 0 Å². The summed E-state index contributed by atoms with van der Waals surface area (Å²) in [4.78, 5) is 0. The van der Waals surface area contributed by atoms with Crippen LogP contribution >= 0.6 is 0 Å². The highest BCUT2D eigenvalue weighted by Gasteiger charge is 1.86. The highest BCUT2D eigenvalue weighted by Crippen LogP contribution is 1.69. The lowest BCUT2D eigenvalue weighted by Gasteiger charge is -1.96. The van der Waals surface area contributed by atoms with Crippen LogP contribution in [0.1, 0.15) is 13.8 Å². The molecule has 0 rings (SSSR count). The number of rotatable bonds is 2. The van der Waals surface area contributed by atoms with Crippen LogP contribution in [0.4, 0.5) is 0 Å². The van der Waals surface area contributed by atoms with Crippen LogP contribution in [-0.4, -0.2) is 17.9 Å². The van der Waals surface area contributed by atoms with E-state index in [1.54, 1.807) is 6.92 Å². The second-order valence-electron chi connectivity index (χ2n) is 1.13. The molecule has 2 heteroatoms. The Bertz CT molecular complexity index is 28.7. The first-order valence-corrected chi connectivity index (χ1v) is 2.12. The lowest BCUT2D eigenvalue weighted by molar-refractivity contribution is 0.155. The van der Waals surface area contributed by atoms with E-state index in [0.29, 0.717) is 6.54 Å². The van der Waals surface area contributed by atoms with Gasteiger partial charge in [-0.25, -0.2) is 5.32 Å². The van der Waals surface area contributed by atoms with Crippen molar-refractivity contribution in [2.75, 3.05) is 6.54 Å². The Hall–Kier alpha value is -0.0800. The maximum Gasteiger partial charge on any atom is 0.117 e. The lowest BCUT2D eigenvalue weighted by atomic mass is 10.6. The zero-order valence-electron chi connectivity index (χ0n) is 4.18. The van der Waals surface area contributed by atoms with Gasteiger partial charge >= 0.3 is 0 Å². The van der Waals surface area contributed by atoms with Crippen molar-refractivity contribution in [2.24, 2.45) is 0 Å². The van der Waals surface area contributed by atoms with Crippen molar-refractivity contribution in [3.8, 4) is 0 Å². The third kappa shape index (κ3) is 3.92. The van der Waals surface area contributed by atoms with Gasteiger partial charge in [0.2, 0.25) is 0 Å². The van der Waals surface area contributed by atoms with Gasteiger partial charge in [0, 0.05) is 6.54 Å². The first-order chi connectivity index (χ1) is 2.77. The molecule has 0 saturated carbocycles. The minimum absolute atomic E-state index is 0.477. The van der Waals surface area contributed by atoms with E-state index < -0.39 is 6.23 Å². The highest BCUT2D eigenvalue weighted by molar-refractivity contribution is 4.35. The molecule has 6 heavy (non-hydrogen) atoms. The van der Waals surface area contributed by atoms with Gasteiger partial charge in [-0.05, 0) is 6.92 Å². The smallest absolute Gasteiger partial charge is 0.117 e. The van der Waals surface area contributed by atoms with Crippen LogP contribution in [0.15, 0.2) is 0 Å². The molecule has 2 nitrogen and oxygen atoms in total. The average molecular weight is 88.1 g/mol. The first-order valence-electron chi connectivity index (χ1n) is 2.12. The van der Waals surface area contributed by atoms with Gasteiger partial charge in [0.25, 0.3) is 0 Å². The summed E-state index contributed by atoms with van der Waals surface area (Å²) < 4.78 is 0. The second-order valence-corrected chi connectivity index (χ2v) is 1.13. The van der Waals surface area contributed by atoms with Crippen LogP contribution < -0.4 is 5.32 Å². The Morgan fingerprint density at radius 3 is 2.33 bits per heavy atom. The topological polar surface area (TPSA) is 34.3 Å². The monoisotopic (exact) mass is 88.1 g/mol. The number of hydrogen-bond donors (Lipinski definition) is 1. The van der Waals surface area contributed by atoms with Gasteiger partial charge in [0.1, 0.15) is 6.23 Å². The third-order valence-corrected chi connectivity index (χ3v) is 0.447. The van der Waals surface area contributed by atoms with Crippen LogP contribution in [0.5, 0.6) is 0 Å². The average Bonchev–Trinajstić information content (AvgIpc) is 1.35. The van der Waals surface area contributed by atoms with Gasteiger partial charge in [-0.1, -0.05) is 6.92 Å². The van der Waals surface area contributed by atoms with E-state index in [9.17, 15) is 0 Å². The van der Waals surface area contributed by atoms with Gasteiger partial charge in [0.05, 0.1) is 0 Å². The Morgan fingerprint density at radius 1 is 1.83 bits per heavy atom. The quantitative estimate of drug-likeness (QED) is 0.504. The number of hydrogen-bond acceptors (Lipinski definition) is 1. The summed E-state index contributed by atoms with van der Waals surface area (Å²) in [6.07, 6.45) is -0.477. The molecule has 0 aliphatic carbocycles. The number of nitrogens with zero attached hydrogens (tertiary/aromatic N) is 1. The van der Waals surface area contributed by atoms with E-state index in [1.165, 1.54) is 0 Å². The van der Waals surface area contributed by atoms with Crippen LogP contribution in [0.3, 0.4) is 0 Å². The lowest BCUT2D eigenvalue weighted by Crippen LogP contribution is -2.16. The van der Waals surface area contributed by atoms with Crippen molar-refractivity contribution in [1.29, 1.82) is 0 Å². The molecule has 0 aliphatic heterocycles. The zero-order valence-corrected chi connectivity index (χ0v) is 4.18. The highest BCUT2D eigenvalue weighted by atomic mass is 16.3. The molecule has 1 atom stereocenters. The summed E-state index contributed by atoms with van der Waals surface area (Å²) in [6.45, 7) is 4.24. The maximum atomic E-state index is 8.39. The molecule has 0 bridgehead atoms. The van der Waals surface area contributed by atoms with Gasteiger partial charge in [-0.2, -0.15) is 0 Å². The van der Waals surface area contributed by atoms with Crippen LogP contribution in [0.25, 0.3) is 0 Å². The summed E-state index contributed by atoms with van der Waals surface area (Å²) in [5.74, 6) is 0. The predicted octanol–water partition coefficient (Wildman–Crippen LogP) is -0.0510. The Morgan fingerprint density at radius 2 is 2.33 bits per heavy atom. The van der Waals surface area contributed by atoms with E-state index in [-0.39, 0.29) is 0 Å². The van der Waals surface area contributed by atoms with E-state index in [2.05, 4.69) is 5.32 Å². The van der Waals surface area contributed by atoms with Gasteiger partial charge in [-0.3, -0.25) is 0 Å². The summed E-state index contributed by atoms with van der Waals surface area (Å²) in [5.41, 5.74) is 0. The molecule has 0 aliphatic rings. The molecule has 0 aromatic rings. The van der Waals surface area contributed by atoms with Gasteiger partial charge < -0.3 is 5.11 Å².